The van der Waals surface area contributed by atoms with Crippen molar-refractivity contribution < 1.29 is 19.1 Å². The van der Waals surface area contributed by atoms with E-state index in [0.717, 1.165) is 5.56 Å². The van der Waals surface area contributed by atoms with Crippen molar-refractivity contribution in [3.63, 3.8) is 0 Å². The molecule has 1 aromatic heterocycles. The quantitative estimate of drug-likeness (QED) is 0.380. The molecule has 0 radical (unpaired) electrons. The number of nitrogens with zero attached hydrogens (tertiary/aromatic N) is 1. The molecule has 0 fully saturated rings. The van der Waals surface area contributed by atoms with Gasteiger partial charge in [0.2, 0.25) is 5.78 Å². The third-order valence-corrected chi connectivity index (χ3v) is 4.17. The van der Waals surface area contributed by atoms with Crippen molar-refractivity contribution in [2.75, 3.05) is 0 Å². The van der Waals surface area contributed by atoms with Crippen LogP contribution in [0.15, 0.2) is 72.8 Å². The van der Waals surface area contributed by atoms with Gasteiger partial charge < -0.3 is 9.47 Å². The molecule has 1 aliphatic heterocycles. The lowest BCUT2D eigenvalue weighted by Crippen LogP contribution is -2.08. The molecule has 0 spiro atoms. The minimum atomic E-state index is -0.526. The largest absolute Gasteiger partial charge is 0.452 e. The van der Waals surface area contributed by atoms with Crippen LogP contribution >= 0.6 is 11.6 Å². The number of ketones is 1. The molecule has 2 aromatic carbocycles. The second kappa shape index (κ2) is 7.05. The second-order valence-corrected chi connectivity index (χ2v) is 6.22. The Labute approximate surface area is 159 Å². The highest BCUT2D eigenvalue weighted by Crippen LogP contribution is 2.35. The molecule has 1 aliphatic rings. The van der Waals surface area contributed by atoms with E-state index in [1.807, 2.05) is 6.07 Å². The molecule has 2 heterocycles. The first-order chi connectivity index (χ1) is 13.1. The van der Waals surface area contributed by atoms with Crippen LogP contribution in [0.2, 0.25) is 5.02 Å². The van der Waals surface area contributed by atoms with Gasteiger partial charge in [-0.2, -0.15) is 0 Å². The van der Waals surface area contributed by atoms with Crippen molar-refractivity contribution in [1.29, 1.82) is 0 Å². The summed E-state index contributed by atoms with van der Waals surface area (Å²) in [5, 5.41) is 0.531. The Morgan fingerprint density at radius 2 is 1.93 bits per heavy atom. The highest BCUT2D eigenvalue weighted by molar-refractivity contribution is 6.30. The van der Waals surface area contributed by atoms with Crippen molar-refractivity contribution >= 4 is 29.4 Å². The van der Waals surface area contributed by atoms with E-state index in [0.29, 0.717) is 21.9 Å². The summed E-state index contributed by atoms with van der Waals surface area (Å²) in [7, 11) is 0. The Hall–Kier alpha value is -3.44. The topological polar surface area (TPSA) is 65.5 Å². The zero-order valence-electron chi connectivity index (χ0n) is 13.9. The van der Waals surface area contributed by atoms with Gasteiger partial charge in [-0.25, -0.2) is 4.79 Å². The number of aromatic nitrogens is 1. The molecule has 0 N–H and O–H groups in total. The Morgan fingerprint density at radius 1 is 1.11 bits per heavy atom. The summed E-state index contributed by atoms with van der Waals surface area (Å²) >= 11 is 5.82. The zero-order chi connectivity index (χ0) is 18.8. The Balaban J connectivity index is 1.55. The summed E-state index contributed by atoms with van der Waals surface area (Å²) in [6.45, 7) is 0. The van der Waals surface area contributed by atoms with Gasteiger partial charge in [0.1, 0.15) is 11.5 Å². The smallest absolute Gasteiger partial charge is 0.343 e. The van der Waals surface area contributed by atoms with Crippen LogP contribution in [0, 0.1) is 0 Å². The molecule has 0 amide bonds. The number of Topliss-reactive ketones (excluding diaryl/α,β-unsaturated/α-hetero) is 1. The average Bonchev–Trinajstić information content (AvgIpc) is 2.98. The van der Waals surface area contributed by atoms with Gasteiger partial charge in [-0.05, 0) is 54.1 Å². The lowest BCUT2D eigenvalue weighted by molar-refractivity contribution is 0.0734. The minimum Gasteiger partial charge on any atom is -0.452 e. The van der Waals surface area contributed by atoms with E-state index < -0.39 is 5.97 Å². The maximum Gasteiger partial charge on any atom is 0.343 e. The molecule has 0 saturated heterocycles. The van der Waals surface area contributed by atoms with Crippen LogP contribution < -0.4 is 9.47 Å². The number of fused-ring (bicyclic) bond motifs is 1. The van der Waals surface area contributed by atoms with Crippen molar-refractivity contribution in [3.05, 3.63) is 94.5 Å². The Kier molecular flexibility index (Phi) is 4.44. The first-order valence-corrected chi connectivity index (χ1v) is 8.44. The standard InChI is InChI=1S/C21H12ClNO4/c22-15-5-3-14(4-6-15)21(25)26-16-7-8-17-18(11-16)27-19(20(17)24)10-13-2-1-9-23-12-13/h1-12H/b19-10-. The monoisotopic (exact) mass is 377 g/mol. The van der Waals surface area contributed by atoms with Crippen LogP contribution in [-0.4, -0.2) is 16.7 Å². The molecule has 6 heteroatoms. The molecule has 4 rings (SSSR count). The summed E-state index contributed by atoms with van der Waals surface area (Å²) in [6.07, 6.45) is 4.90. The van der Waals surface area contributed by atoms with Crippen molar-refractivity contribution in [3.8, 4) is 11.5 Å². The fourth-order valence-corrected chi connectivity index (χ4v) is 2.72. The third-order valence-electron chi connectivity index (χ3n) is 3.91. The molecule has 0 unspecified atom stereocenters. The number of halogens is 1. The summed E-state index contributed by atoms with van der Waals surface area (Å²) in [4.78, 5) is 28.7. The van der Waals surface area contributed by atoms with E-state index in [-0.39, 0.29) is 17.3 Å². The SMILES string of the molecule is O=C(Oc1ccc2c(c1)O/C(=C\c1cccnc1)C2=O)c1ccc(Cl)cc1. The lowest BCUT2D eigenvalue weighted by Gasteiger charge is -2.05. The number of carbonyl (C=O) groups is 2. The van der Waals surface area contributed by atoms with Crippen LogP contribution in [0.4, 0.5) is 0 Å². The van der Waals surface area contributed by atoms with E-state index in [4.69, 9.17) is 21.1 Å². The number of pyridine rings is 1. The molecular formula is C21H12ClNO4. The predicted octanol–water partition coefficient (Wildman–Crippen LogP) is 4.57. The molecule has 132 valence electrons. The van der Waals surface area contributed by atoms with Crippen molar-refractivity contribution in [1.82, 2.24) is 4.98 Å². The molecule has 0 saturated carbocycles. The van der Waals surface area contributed by atoms with Gasteiger partial charge in [0, 0.05) is 23.5 Å². The number of rotatable bonds is 3. The van der Waals surface area contributed by atoms with Crippen molar-refractivity contribution in [2.24, 2.45) is 0 Å². The van der Waals surface area contributed by atoms with Gasteiger partial charge in [0.15, 0.2) is 5.76 Å². The summed E-state index contributed by atoms with van der Waals surface area (Å²) < 4.78 is 11.0. The third kappa shape index (κ3) is 3.59. The maximum atomic E-state index is 12.5. The van der Waals surface area contributed by atoms with Gasteiger partial charge in [-0.3, -0.25) is 9.78 Å². The Bertz CT molecular complexity index is 1060. The fraction of sp³-hybridized carbons (Fsp3) is 0. The highest BCUT2D eigenvalue weighted by atomic mass is 35.5. The summed E-state index contributed by atoms with van der Waals surface area (Å²) in [5.74, 6) is 0.0614. The highest BCUT2D eigenvalue weighted by Gasteiger charge is 2.28. The first-order valence-electron chi connectivity index (χ1n) is 8.06. The fourth-order valence-electron chi connectivity index (χ4n) is 2.60. The second-order valence-electron chi connectivity index (χ2n) is 5.78. The predicted molar refractivity (Wildman–Crippen MR) is 100 cm³/mol. The summed E-state index contributed by atoms with van der Waals surface area (Å²) in [6, 6.07) is 14.6. The number of allylic oxidation sites excluding steroid dienone is 1. The zero-order valence-corrected chi connectivity index (χ0v) is 14.6. The Morgan fingerprint density at radius 3 is 2.67 bits per heavy atom. The molecule has 0 aliphatic carbocycles. The van der Waals surface area contributed by atoms with Crippen LogP contribution in [0.5, 0.6) is 11.5 Å². The summed E-state index contributed by atoms with van der Waals surface area (Å²) in [5.41, 5.74) is 1.54. The molecular weight excluding hydrogens is 366 g/mol. The molecule has 27 heavy (non-hydrogen) atoms. The molecule has 5 nitrogen and oxygen atoms in total. The lowest BCUT2D eigenvalue weighted by atomic mass is 10.1. The number of benzene rings is 2. The normalized spacial score (nSPS) is 14.0. The van der Waals surface area contributed by atoms with Crippen molar-refractivity contribution in [2.45, 2.75) is 0 Å². The maximum absolute atomic E-state index is 12.5. The van der Waals surface area contributed by atoms with Gasteiger partial charge in [0.25, 0.3) is 0 Å². The number of esters is 1. The first kappa shape index (κ1) is 17.0. The van der Waals surface area contributed by atoms with E-state index in [2.05, 4.69) is 4.98 Å². The van der Waals surface area contributed by atoms with Gasteiger partial charge in [-0.15, -0.1) is 0 Å². The van der Waals surface area contributed by atoms with Crippen LogP contribution in [-0.2, 0) is 0 Å². The number of carbonyl (C=O) groups excluding carboxylic acids is 2. The van der Waals surface area contributed by atoms with Gasteiger partial charge in [-0.1, -0.05) is 17.7 Å². The van der Waals surface area contributed by atoms with Crippen LogP contribution in [0.3, 0.4) is 0 Å². The molecule has 0 atom stereocenters. The van der Waals surface area contributed by atoms with E-state index in [1.54, 1.807) is 60.9 Å². The average molecular weight is 378 g/mol. The number of hydrogen-bond acceptors (Lipinski definition) is 5. The van der Waals surface area contributed by atoms with Crippen LogP contribution in [0.1, 0.15) is 26.3 Å². The van der Waals surface area contributed by atoms with Gasteiger partial charge >= 0.3 is 5.97 Å². The molecule has 3 aromatic rings. The molecule has 0 bridgehead atoms. The van der Waals surface area contributed by atoms with E-state index in [9.17, 15) is 9.59 Å². The number of ether oxygens (including phenoxy) is 2. The van der Waals surface area contributed by atoms with E-state index in [1.165, 1.54) is 6.07 Å². The van der Waals surface area contributed by atoms with E-state index >= 15 is 0 Å². The van der Waals surface area contributed by atoms with Gasteiger partial charge in [0.05, 0.1) is 11.1 Å². The van der Waals surface area contributed by atoms with Crippen LogP contribution in [0.25, 0.3) is 6.08 Å². The minimum absolute atomic E-state index is 0.194. The number of hydrogen-bond donors (Lipinski definition) is 0.